The van der Waals surface area contributed by atoms with Gasteiger partial charge in [-0.05, 0) is 0 Å². The van der Waals surface area contributed by atoms with Crippen molar-refractivity contribution in [1.82, 2.24) is 0 Å². The second-order valence-electron chi connectivity index (χ2n) is 2.16. The summed E-state index contributed by atoms with van der Waals surface area (Å²) in [6, 6.07) is 2.61. The summed E-state index contributed by atoms with van der Waals surface area (Å²) in [4.78, 5) is -0.542. The molecule has 0 heterocycles. The molecule has 0 amide bonds. The Morgan fingerprint density at radius 3 is 1.69 bits per heavy atom. The Hall–Kier alpha value is -0.270. The van der Waals surface area contributed by atoms with Crippen LogP contribution in [0.25, 0.3) is 0 Å². The first kappa shape index (κ1) is 12.7. The predicted molar refractivity (Wildman–Crippen MR) is 45.3 cm³/mol. The van der Waals surface area contributed by atoms with E-state index in [1.807, 2.05) is 0 Å². The summed E-state index contributed by atoms with van der Waals surface area (Å²) < 4.78 is 29.4. The minimum atomic E-state index is -4.37. The maximum Gasteiger partial charge on any atom is 0.294 e. The monoisotopic (exact) mass is 213 g/mol. The third-order valence-electron chi connectivity index (χ3n) is 1.17. The van der Waals surface area contributed by atoms with Gasteiger partial charge in [0.05, 0.1) is 0 Å². The Labute approximate surface area is 97.1 Å². The van der Waals surface area contributed by atoms with Crippen molar-refractivity contribution < 1.29 is 23.2 Å². The van der Waals surface area contributed by atoms with Crippen LogP contribution in [-0.2, 0) is 10.1 Å². The average Bonchev–Trinajstić information content (AvgIpc) is 1.82. The van der Waals surface area contributed by atoms with E-state index in [2.05, 4.69) is 0 Å². The van der Waals surface area contributed by atoms with Gasteiger partial charge in [0.1, 0.15) is 16.4 Å². The van der Waals surface area contributed by atoms with Crippen molar-refractivity contribution >= 4 is 39.7 Å². The Balaban J connectivity index is 0.00000144. The molecule has 0 aliphatic rings. The van der Waals surface area contributed by atoms with Crippen LogP contribution < -0.4 is 0 Å². The first-order valence-corrected chi connectivity index (χ1v) is 4.34. The molecule has 0 spiro atoms. The summed E-state index contributed by atoms with van der Waals surface area (Å²) in [7, 11) is -4.37. The fourth-order valence-corrected chi connectivity index (χ4v) is 1.26. The molecule has 0 aromatic heterocycles. The minimum absolute atomic E-state index is 0. The van der Waals surface area contributed by atoms with Gasteiger partial charge in [0.2, 0.25) is 0 Å². The summed E-state index contributed by atoms with van der Waals surface area (Å²) in [5.74, 6) is -0.856. The zero-order valence-corrected chi connectivity index (χ0v) is 9.61. The number of benzene rings is 1. The Morgan fingerprint density at radius 2 is 1.38 bits per heavy atom. The van der Waals surface area contributed by atoms with Gasteiger partial charge >= 0.3 is 0 Å². The number of rotatable bonds is 1. The third kappa shape index (κ3) is 3.53. The number of phenols is 2. The number of aromatic hydroxyl groups is 2. The van der Waals surface area contributed by atoms with Gasteiger partial charge < -0.3 is 10.2 Å². The van der Waals surface area contributed by atoms with Gasteiger partial charge in [-0.2, -0.15) is 8.42 Å². The van der Waals surface area contributed by atoms with Gasteiger partial charge in [-0.3, -0.25) is 4.55 Å². The molecule has 67 valence electrons. The van der Waals surface area contributed by atoms with Crippen LogP contribution in [0.1, 0.15) is 0 Å². The molecule has 1 rings (SSSR count). The van der Waals surface area contributed by atoms with E-state index in [1.54, 1.807) is 0 Å². The van der Waals surface area contributed by atoms with E-state index >= 15 is 0 Å². The van der Waals surface area contributed by atoms with Gasteiger partial charge in [-0.25, -0.2) is 0 Å². The molecule has 1 aromatic rings. The molecule has 0 aliphatic carbocycles. The molecule has 0 saturated heterocycles. The van der Waals surface area contributed by atoms with Crippen molar-refractivity contribution in [2.24, 2.45) is 0 Å². The fourth-order valence-electron chi connectivity index (χ4n) is 0.717. The van der Waals surface area contributed by atoms with Crippen LogP contribution in [0.3, 0.4) is 0 Å². The van der Waals surface area contributed by atoms with E-state index in [0.29, 0.717) is 0 Å². The van der Waals surface area contributed by atoms with Gasteiger partial charge in [0, 0.05) is 47.8 Å². The first-order chi connectivity index (χ1) is 5.39. The summed E-state index contributed by atoms with van der Waals surface area (Å²) in [6.45, 7) is 0. The molecular formula is C6H6NaO5S. The largest absolute Gasteiger partial charge is 0.508 e. The van der Waals surface area contributed by atoms with E-state index < -0.39 is 26.5 Å². The topological polar surface area (TPSA) is 94.8 Å². The molecular weight excluding hydrogens is 207 g/mol. The van der Waals surface area contributed by atoms with Crippen molar-refractivity contribution in [2.45, 2.75) is 4.90 Å². The normalized spacial score (nSPS) is 10.5. The second-order valence-corrected chi connectivity index (χ2v) is 3.58. The van der Waals surface area contributed by atoms with Crippen molar-refractivity contribution in [3.05, 3.63) is 18.2 Å². The molecule has 0 unspecified atom stereocenters. The molecule has 0 aliphatic heterocycles. The predicted octanol–water partition coefficient (Wildman–Crippen LogP) is -0.0363. The standard InChI is InChI=1S/C6H6O5S.Na/c7-4-1-5(8)3-6(2-4)12(9,10)11;/h1-3,7-8H,(H,9,10,11);. The second kappa shape index (κ2) is 4.30. The summed E-state index contributed by atoms with van der Waals surface area (Å²) in [5.41, 5.74) is 0. The van der Waals surface area contributed by atoms with Crippen LogP contribution >= 0.6 is 0 Å². The summed E-state index contributed by atoms with van der Waals surface area (Å²) in [5, 5.41) is 17.6. The van der Waals surface area contributed by atoms with E-state index in [-0.39, 0.29) is 29.6 Å². The summed E-state index contributed by atoms with van der Waals surface area (Å²) in [6.07, 6.45) is 0. The molecule has 1 radical (unpaired) electrons. The quantitative estimate of drug-likeness (QED) is 0.449. The number of hydrogen-bond donors (Lipinski definition) is 3. The Kier molecular flexibility index (Phi) is 4.21. The van der Waals surface area contributed by atoms with E-state index in [1.165, 1.54) is 0 Å². The number of phenolic OH excluding ortho intramolecular Hbond substituents is 2. The van der Waals surface area contributed by atoms with E-state index in [4.69, 9.17) is 14.8 Å². The van der Waals surface area contributed by atoms with E-state index in [9.17, 15) is 8.42 Å². The van der Waals surface area contributed by atoms with Crippen LogP contribution in [0.15, 0.2) is 23.1 Å². The van der Waals surface area contributed by atoms with Crippen molar-refractivity contribution in [1.29, 1.82) is 0 Å². The molecule has 0 fully saturated rings. The minimum Gasteiger partial charge on any atom is -0.508 e. The van der Waals surface area contributed by atoms with E-state index in [0.717, 1.165) is 18.2 Å². The third-order valence-corrected chi connectivity index (χ3v) is 2.01. The van der Waals surface area contributed by atoms with Gasteiger partial charge in [0.15, 0.2) is 0 Å². The Morgan fingerprint density at radius 1 is 1.00 bits per heavy atom. The van der Waals surface area contributed by atoms with Crippen LogP contribution in [0.2, 0.25) is 0 Å². The maximum atomic E-state index is 10.5. The van der Waals surface area contributed by atoms with Crippen molar-refractivity contribution in [2.75, 3.05) is 0 Å². The fraction of sp³-hybridized carbons (Fsp3) is 0. The molecule has 0 saturated carbocycles. The van der Waals surface area contributed by atoms with Crippen LogP contribution in [0, 0.1) is 0 Å². The maximum absolute atomic E-state index is 10.5. The van der Waals surface area contributed by atoms with Gasteiger partial charge in [0.25, 0.3) is 10.1 Å². The molecule has 1 aromatic carbocycles. The van der Waals surface area contributed by atoms with Crippen LogP contribution in [-0.4, -0.2) is 52.7 Å². The van der Waals surface area contributed by atoms with Gasteiger partial charge in [-0.15, -0.1) is 0 Å². The first-order valence-electron chi connectivity index (χ1n) is 2.90. The van der Waals surface area contributed by atoms with Crippen LogP contribution in [0.5, 0.6) is 11.5 Å². The molecule has 5 nitrogen and oxygen atoms in total. The molecule has 13 heavy (non-hydrogen) atoms. The zero-order chi connectivity index (χ0) is 9.35. The van der Waals surface area contributed by atoms with Crippen LogP contribution in [0.4, 0.5) is 0 Å². The molecule has 0 atom stereocenters. The smallest absolute Gasteiger partial charge is 0.294 e. The van der Waals surface area contributed by atoms with Gasteiger partial charge in [-0.1, -0.05) is 0 Å². The number of hydrogen-bond acceptors (Lipinski definition) is 4. The van der Waals surface area contributed by atoms with Crippen molar-refractivity contribution in [3.63, 3.8) is 0 Å². The molecule has 7 heteroatoms. The average molecular weight is 213 g/mol. The zero-order valence-electron chi connectivity index (χ0n) is 6.80. The molecule has 0 bridgehead atoms. The van der Waals surface area contributed by atoms with Crippen molar-refractivity contribution in [3.8, 4) is 11.5 Å². The SMILES string of the molecule is O=S(=O)(O)c1cc(O)cc(O)c1.[Na]. The Bertz CT molecular complexity index is 379. The molecule has 3 N–H and O–H groups in total. The summed E-state index contributed by atoms with van der Waals surface area (Å²) >= 11 is 0.